The Labute approximate surface area is 130 Å². The Morgan fingerprint density at radius 2 is 1.71 bits per heavy atom. The largest absolute Gasteiger partial charge is 0.606 e. The van der Waals surface area contributed by atoms with Gasteiger partial charge in [0.1, 0.15) is 6.54 Å². The van der Waals surface area contributed by atoms with Crippen molar-refractivity contribution in [3.8, 4) is 0 Å². The zero-order chi connectivity index (χ0) is 14.5. The van der Waals surface area contributed by atoms with E-state index in [0.717, 1.165) is 24.4 Å². The van der Waals surface area contributed by atoms with Crippen LogP contribution in [0, 0.1) is 11.1 Å². The second-order valence-electron chi connectivity index (χ2n) is 5.44. The van der Waals surface area contributed by atoms with Gasteiger partial charge in [0.25, 0.3) is 0 Å². The van der Waals surface area contributed by atoms with E-state index in [-0.39, 0.29) is 0 Å². The quantitative estimate of drug-likeness (QED) is 0.530. The van der Waals surface area contributed by atoms with Crippen LogP contribution in [0.3, 0.4) is 0 Å². The van der Waals surface area contributed by atoms with Gasteiger partial charge in [0.2, 0.25) is 0 Å². The average molecular weight is 300 g/mol. The van der Waals surface area contributed by atoms with E-state index >= 15 is 0 Å². The number of nitrogens with zero attached hydrogens (tertiary/aromatic N) is 1. The van der Waals surface area contributed by atoms with E-state index in [4.69, 9.17) is 0 Å². The molecule has 0 spiro atoms. The van der Waals surface area contributed by atoms with E-state index in [1.54, 1.807) is 0 Å². The molecule has 0 amide bonds. The van der Waals surface area contributed by atoms with E-state index in [1.165, 1.54) is 4.90 Å². The molecule has 2 aromatic rings. The first-order valence-corrected chi connectivity index (χ1v) is 8.32. The summed E-state index contributed by atoms with van der Waals surface area (Å²) < 4.78 is -0.395. The summed E-state index contributed by atoms with van der Waals surface area (Å²) in [6.45, 7) is 1.38. The van der Waals surface area contributed by atoms with E-state index in [0.29, 0.717) is 12.5 Å². The van der Waals surface area contributed by atoms with Gasteiger partial charge in [-0.05, 0) is 18.1 Å². The van der Waals surface area contributed by atoms with Crippen molar-refractivity contribution in [2.45, 2.75) is 11.3 Å². The van der Waals surface area contributed by atoms with Gasteiger partial charge in [-0.3, -0.25) is 0 Å². The summed E-state index contributed by atoms with van der Waals surface area (Å²) in [5.74, 6) is 1.62. The number of hydrogen-bond acceptors (Lipinski definition) is 3. The van der Waals surface area contributed by atoms with Gasteiger partial charge in [-0.25, -0.2) is 4.76 Å². The van der Waals surface area contributed by atoms with Gasteiger partial charge in [-0.1, -0.05) is 36.4 Å². The predicted octanol–water partition coefficient (Wildman–Crippen LogP) is 3.81. The van der Waals surface area contributed by atoms with E-state index in [2.05, 4.69) is 29.7 Å². The smallest absolute Gasteiger partial charge is 0.152 e. The summed E-state index contributed by atoms with van der Waals surface area (Å²) in [5, 5.41) is 12.8. The van der Waals surface area contributed by atoms with E-state index in [1.807, 2.05) is 48.2 Å². The third-order valence-electron chi connectivity index (χ3n) is 3.89. The summed E-state index contributed by atoms with van der Waals surface area (Å²) in [7, 11) is 0. The molecule has 0 aromatic heterocycles. The number of thioether (sulfide) groups is 1. The third kappa shape index (κ3) is 3.66. The molecule has 1 heterocycles. The molecular weight excluding hydrogens is 280 g/mol. The van der Waals surface area contributed by atoms with Crippen LogP contribution in [0.1, 0.15) is 6.42 Å². The van der Waals surface area contributed by atoms with Crippen LogP contribution >= 0.6 is 11.8 Å². The fourth-order valence-corrected chi connectivity index (χ4v) is 3.65. The maximum absolute atomic E-state index is 12.8. The van der Waals surface area contributed by atoms with Crippen LogP contribution in [0.25, 0.3) is 0 Å². The Balaban J connectivity index is 1.53. The molecule has 2 aromatic carbocycles. The molecule has 110 valence electrons. The van der Waals surface area contributed by atoms with Crippen molar-refractivity contribution < 1.29 is 0 Å². The molecule has 2 unspecified atom stereocenters. The van der Waals surface area contributed by atoms with Crippen LogP contribution < -0.4 is 10.2 Å². The van der Waals surface area contributed by atoms with E-state index < -0.39 is 4.76 Å². The van der Waals surface area contributed by atoms with Gasteiger partial charge >= 0.3 is 0 Å². The van der Waals surface area contributed by atoms with Crippen molar-refractivity contribution in [1.82, 2.24) is 10.2 Å². The Bertz CT molecular complexity index is 554. The Morgan fingerprint density at radius 1 is 1.05 bits per heavy atom. The number of benzene rings is 2. The molecule has 1 fully saturated rings. The van der Waals surface area contributed by atoms with Crippen molar-refractivity contribution in [2.24, 2.45) is 5.92 Å². The molecule has 0 aliphatic carbocycles. The molecule has 0 radical (unpaired) electrons. The summed E-state index contributed by atoms with van der Waals surface area (Å²) in [6, 6.07) is 20.0. The summed E-state index contributed by atoms with van der Waals surface area (Å²) in [5.41, 5.74) is 3.96. The molecule has 3 rings (SSSR count). The highest BCUT2D eigenvalue weighted by atomic mass is 32.2. The number of nitrogens with one attached hydrogen (secondary N) is 1. The molecule has 0 bridgehead atoms. The topological polar surface area (TPSA) is 35.1 Å². The fourth-order valence-electron chi connectivity index (χ4n) is 2.58. The Kier molecular flexibility index (Phi) is 4.60. The number of quaternary nitrogens is 1. The van der Waals surface area contributed by atoms with Crippen LogP contribution in [0.4, 0.5) is 5.69 Å². The minimum atomic E-state index is -0.395. The monoisotopic (exact) mass is 300 g/mol. The number of para-hydroxylation sites is 1. The highest BCUT2D eigenvalue weighted by Gasteiger charge is 2.28. The van der Waals surface area contributed by atoms with Crippen molar-refractivity contribution in [1.29, 1.82) is 0 Å². The average Bonchev–Trinajstić information content (AvgIpc) is 2.56. The van der Waals surface area contributed by atoms with Gasteiger partial charge in [-0.2, -0.15) is 5.43 Å². The molecule has 1 saturated heterocycles. The first-order valence-electron chi connectivity index (χ1n) is 7.34. The summed E-state index contributed by atoms with van der Waals surface area (Å²) in [6.07, 6.45) is 0.964. The summed E-state index contributed by atoms with van der Waals surface area (Å²) in [4.78, 5) is 1.30. The molecular formula is C17H20N2OS. The van der Waals surface area contributed by atoms with Gasteiger partial charge in [0.05, 0.1) is 0 Å². The first-order chi connectivity index (χ1) is 10.3. The Hall–Kier alpha value is -1.33. The molecule has 3 nitrogen and oxygen atoms in total. The normalized spacial score (nSPS) is 25.7. The second-order valence-corrected chi connectivity index (χ2v) is 6.53. The third-order valence-corrected chi connectivity index (χ3v) is 5.13. The number of rotatable bonds is 4. The Morgan fingerprint density at radius 3 is 2.33 bits per heavy atom. The first kappa shape index (κ1) is 14.6. The van der Waals surface area contributed by atoms with Crippen molar-refractivity contribution >= 4 is 17.4 Å². The predicted molar refractivity (Wildman–Crippen MR) is 89.7 cm³/mol. The van der Waals surface area contributed by atoms with E-state index in [9.17, 15) is 5.21 Å². The minimum absolute atomic E-state index is 0.395. The van der Waals surface area contributed by atoms with Crippen LogP contribution in [-0.4, -0.2) is 18.8 Å². The molecule has 1 aliphatic heterocycles. The minimum Gasteiger partial charge on any atom is -0.606 e. The lowest BCUT2D eigenvalue weighted by Gasteiger charge is -2.46. The lowest BCUT2D eigenvalue weighted by molar-refractivity contribution is 0.190. The van der Waals surface area contributed by atoms with Crippen molar-refractivity contribution in [3.05, 3.63) is 65.9 Å². The van der Waals surface area contributed by atoms with Gasteiger partial charge < -0.3 is 5.21 Å². The van der Waals surface area contributed by atoms with Gasteiger partial charge in [0.15, 0.2) is 5.69 Å². The lowest BCUT2D eigenvalue weighted by atomic mass is 10.1. The molecule has 4 heteroatoms. The zero-order valence-corrected chi connectivity index (χ0v) is 12.8. The van der Waals surface area contributed by atoms with Gasteiger partial charge in [0, 0.05) is 35.7 Å². The van der Waals surface area contributed by atoms with Crippen molar-refractivity contribution in [2.75, 3.05) is 18.8 Å². The molecule has 0 saturated carbocycles. The highest BCUT2D eigenvalue weighted by molar-refractivity contribution is 7.99. The van der Waals surface area contributed by atoms with Crippen LogP contribution in [-0.2, 0) is 0 Å². The summed E-state index contributed by atoms with van der Waals surface area (Å²) >= 11 is 1.87. The standard InChI is InChI=1S/C17H20N2OS/c20-19(16-7-3-1-4-8-16)12-11-15(13-18-19)14-21-17-9-5-2-6-10-17/h1-10,15,18H,11-14H2. The maximum Gasteiger partial charge on any atom is 0.152 e. The number of hydrogen-bond donors (Lipinski definition) is 1. The van der Waals surface area contributed by atoms with Crippen LogP contribution in [0.5, 0.6) is 0 Å². The maximum atomic E-state index is 12.8. The van der Waals surface area contributed by atoms with Crippen LogP contribution in [0.15, 0.2) is 65.6 Å². The molecule has 21 heavy (non-hydrogen) atoms. The van der Waals surface area contributed by atoms with Crippen LogP contribution in [0.2, 0.25) is 0 Å². The molecule has 1 aliphatic rings. The molecule has 2 atom stereocenters. The highest BCUT2D eigenvalue weighted by Crippen LogP contribution is 2.27. The molecule has 1 N–H and O–H groups in total. The number of hydroxylamine groups is 1. The lowest BCUT2D eigenvalue weighted by Crippen LogP contribution is -2.60. The van der Waals surface area contributed by atoms with Crippen molar-refractivity contribution in [3.63, 3.8) is 0 Å². The van der Waals surface area contributed by atoms with Gasteiger partial charge in [-0.15, -0.1) is 11.8 Å². The zero-order valence-electron chi connectivity index (χ0n) is 11.9. The SMILES string of the molecule is [O-][N+]1(c2ccccc2)CCC(CSc2ccccc2)CN1. The fraction of sp³-hybridized carbons (Fsp3) is 0.294. The second kappa shape index (κ2) is 6.62.